The summed E-state index contributed by atoms with van der Waals surface area (Å²) in [6.45, 7) is 0.846. The third-order valence-corrected chi connectivity index (χ3v) is 7.81. The first-order valence-electron chi connectivity index (χ1n) is 16.3. The van der Waals surface area contributed by atoms with E-state index in [-0.39, 0.29) is 72.1 Å². The molecule has 0 atom stereocenters. The quantitative estimate of drug-likeness (QED) is 0.0760. The molecule has 0 spiro atoms. The number of nitrogens with zero attached hydrogens (tertiary/aromatic N) is 1. The van der Waals surface area contributed by atoms with Gasteiger partial charge in [0, 0.05) is 6.54 Å². The molecule has 0 aromatic heterocycles. The van der Waals surface area contributed by atoms with Gasteiger partial charge in [0.1, 0.15) is 5.54 Å². The molecule has 50 heavy (non-hydrogen) atoms. The zero-order chi connectivity index (χ0) is 36.4. The minimum Gasteiger partial charge on any atom is -0.469 e. The molecule has 0 heterocycles. The third-order valence-electron chi connectivity index (χ3n) is 7.81. The molecule has 0 radical (unpaired) electrons. The van der Waals surface area contributed by atoms with E-state index in [1.54, 1.807) is 0 Å². The van der Waals surface area contributed by atoms with E-state index in [1.165, 1.54) is 26.2 Å². The number of rotatable bonds is 20. The Morgan fingerprint density at radius 2 is 1.10 bits per heavy atom. The van der Waals surface area contributed by atoms with Crippen LogP contribution in [-0.2, 0) is 54.1 Å². The number of carbonyl (C=O) groups is 5. The summed E-state index contributed by atoms with van der Waals surface area (Å²) in [5.74, 6) is -1.51. The monoisotopic (exact) mass is 698 g/mol. The Balaban J connectivity index is 2.17. The number of fused-ring (bicyclic) bond motifs is 2. The Morgan fingerprint density at radius 3 is 1.52 bits per heavy atom. The van der Waals surface area contributed by atoms with E-state index in [4.69, 9.17) is 33.2 Å². The summed E-state index contributed by atoms with van der Waals surface area (Å²) < 4.78 is 37.4. The fourth-order valence-electron chi connectivity index (χ4n) is 5.19. The van der Waals surface area contributed by atoms with Gasteiger partial charge in [-0.3, -0.25) is 14.4 Å². The van der Waals surface area contributed by atoms with Gasteiger partial charge in [0.2, 0.25) is 0 Å². The van der Waals surface area contributed by atoms with Crippen molar-refractivity contribution in [2.75, 3.05) is 67.6 Å². The van der Waals surface area contributed by atoms with Gasteiger partial charge in [-0.1, -0.05) is 55.5 Å². The first-order chi connectivity index (χ1) is 24.2. The van der Waals surface area contributed by atoms with Crippen LogP contribution in [0.3, 0.4) is 0 Å². The lowest BCUT2D eigenvalue weighted by atomic mass is 9.94. The van der Waals surface area contributed by atoms with Gasteiger partial charge in [0.25, 0.3) is 0 Å². The number of amides is 3. The molecule has 0 saturated carbocycles. The van der Waals surface area contributed by atoms with E-state index >= 15 is 0 Å². The highest BCUT2D eigenvalue weighted by atomic mass is 16.6. The van der Waals surface area contributed by atoms with Crippen molar-refractivity contribution < 1.29 is 57.1 Å². The van der Waals surface area contributed by atoms with Crippen LogP contribution in [0.2, 0.25) is 0 Å². The van der Waals surface area contributed by atoms with Crippen molar-refractivity contribution in [3.63, 3.8) is 0 Å². The third kappa shape index (κ3) is 11.7. The predicted octanol–water partition coefficient (Wildman–Crippen LogP) is 4.53. The molecular formula is C36H46N2O12. The Morgan fingerprint density at radius 1 is 0.660 bits per heavy atom. The normalized spacial score (nSPS) is 11.2. The van der Waals surface area contributed by atoms with Gasteiger partial charge in [0.05, 0.1) is 86.8 Å². The van der Waals surface area contributed by atoms with E-state index < -0.39 is 35.6 Å². The number of hydrogen-bond donors (Lipinski definition) is 1. The van der Waals surface area contributed by atoms with Crippen molar-refractivity contribution in [2.24, 2.45) is 0 Å². The van der Waals surface area contributed by atoms with Crippen molar-refractivity contribution in [3.05, 3.63) is 60.2 Å². The SMILES string of the molecule is CCCOC(=O)NC(=O)N(Cc1c2ccccc2cc2ccccc12)C(COCCC(=O)OC)(COCCC(=O)OC)COCCC(=O)OC. The van der Waals surface area contributed by atoms with Gasteiger partial charge in [-0.15, -0.1) is 0 Å². The van der Waals surface area contributed by atoms with Crippen molar-refractivity contribution in [3.8, 4) is 0 Å². The van der Waals surface area contributed by atoms with Gasteiger partial charge in [0.15, 0.2) is 0 Å². The number of alkyl carbamates (subject to hydrolysis) is 1. The summed E-state index contributed by atoms with van der Waals surface area (Å²) in [4.78, 5) is 64.3. The summed E-state index contributed by atoms with van der Waals surface area (Å²) in [7, 11) is 3.78. The average molecular weight is 699 g/mol. The lowest BCUT2D eigenvalue weighted by molar-refractivity contribution is -0.143. The fourth-order valence-corrected chi connectivity index (χ4v) is 5.19. The molecule has 3 aromatic carbocycles. The fraction of sp³-hybridized carbons (Fsp3) is 0.472. The van der Waals surface area contributed by atoms with Gasteiger partial charge in [-0.25, -0.2) is 14.9 Å². The van der Waals surface area contributed by atoms with Crippen molar-refractivity contribution in [1.82, 2.24) is 10.2 Å². The summed E-state index contributed by atoms with van der Waals surface area (Å²) in [6, 6.07) is 16.6. The maximum atomic E-state index is 14.3. The topological polar surface area (TPSA) is 165 Å². The number of imide groups is 1. The molecule has 3 amide bonds. The van der Waals surface area contributed by atoms with Crippen LogP contribution in [0.15, 0.2) is 54.6 Å². The Labute approximate surface area is 291 Å². The Hall–Kier alpha value is -4.79. The highest BCUT2D eigenvalue weighted by molar-refractivity contribution is 6.02. The molecule has 272 valence electrons. The lowest BCUT2D eigenvalue weighted by Gasteiger charge is -2.43. The van der Waals surface area contributed by atoms with Gasteiger partial charge < -0.3 is 38.1 Å². The van der Waals surface area contributed by atoms with Crippen LogP contribution in [0.25, 0.3) is 21.5 Å². The zero-order valence-corrected chi connectivity index (χ0v) is 29.0. The van der Waals surface area contributed by atoms with Gasteiger partial charge >= 0.3 is 30.0 Å². The van der Waals surface area contributed by atoms with Crippen LogP contribution in [0.4, 0.5) is 9.59 Å². The van der Waals surface area contributed by atoms with Crippen LogP contribution in [0, 0.1) is 0 Å². The Bertz CT molecular complexity index is 1480. The molecule has 3 rings (SSSR count). The highest BCUT2D eigenvalue weighted by Crippen LogP contribution is 2.32. The number of hydrogen-bond acceptors (Lipinski definition) is 12. The summed E-state index contributed by atoms with van der Waals surface area (Å²) in [5, 5.41) is 5.89. The van der Waals surface area contributed by atoms with Crippen LogP contribution in [0.1, 0.15) is 38.2 Å². The highest BCUT2D eigenvalue weighted by Gasteiger charge is 2.43. The number of ether oxygens (including phenoxy) is 7. The van der Waals surface area contributed by atoms with E-state index in [0.717, 1.165) is 27.1 Å². The molecule has 1 N–H and O–H groups in total. The van der Waals surface area contributed by atoms with Crippen LogP contribution in [-0.4, -0.2) is 108 Å². The smallest absolute Gasteiger partial charge is 0.415 e. The lowest BCUT2D eigenvalue weighted by Crippen LogP contribution is -2.63. The second-order valence-corrected chi connectivity index (χ2v) is 11.3. The summed E-state index contributed by atoms with van der Waals surface area (Å²) in [5.41, 5.74) is -0.742. The number of urea groups is 1. The largest absolute Gasteiger partial charge is 0.469 e. The summed E-state index contributed by atoms with van der Waals surface area (Å²) in [6.07, 6.45) is -0.663. The molecule has 0 aliphatic carbocycles. The summed E-state index contributed by atoms with van der Waals surface area (Å²) >= 11 is 0. The van der Waals surface area contributed by atoms with Crippen LogP contribution in [0.5, 0.6) is 0 Å². The number of carbonyl (C=O) groups excluding carboxylic acids is 5. The van der Waals surface area contributed by atoms with Crippen molar-refractivity contribution >= 4 is 51.6 Å². The molecule has 0 unspecified atom stereocenters. The molecule has 0 aliphatic rings. The second kappa shape index (κ2) is 20.7. The first-order valence-corrected chi connectivity index (χ1v) is 16.3. The molecule has 14 heteroatoms. The Kier molecular flexibility index (Phi) is 16.4. The zero-order valence-electron chi connectivity index (χ0n) is 29.0. The number of esters is 3. The number of benzene rings is 3. The molecule has 0 saturated heterocycles. The number of nitrogens with one attached hydrogen (secondary N) is 1. The molecule has 0 fully saturated rings. The average Bonchev–Trinajstić information content (AvgIpc) is 3.13. The molecular weight excluding hydrogens is 652 g/mol. The van der Waals surface area contributed by atoms with E-state index in [9.17, 15) is 24.0 Å². The van der Waals surface area contributed by atoms with Gasteiger partial charge in [-0.2, -0.15) is 0 Å². The second-order valence-electron chi connectivity index (χ2n) is 11.3. The molecule has 3 aromatic rings. The van der Waals surface area contributed by atoms with Gasteiger partial charge in [-0.05, 0) is 39.6 Å². The van der Waals surface area contributed by atoms with E-state index in [1.807, 2.05) is 55.5 Å². The molecule has 0 bridgehead atoms. The molecule has 0 aliphatic heterocycles. The standard InChI is InChI=1S/C36H46N2O12/c1-5-17-50-35(43)37-34(42)38(22-30-28-12-8-6-10-26(28)21-27-11-7-9-13-29(27)30)36(23-47-18-14-31(39)44-2,24-48-19-15-32(40)45-3)25-49-20-16-33(41)46-4/h6-13,21H,5,14-20,22-25H2,1-4H3,(H,37,42,43). The van der Waals surface area contributed by atoms with Crippen molar-refractivity contribution in [1.29, 1.82) is 0 Å². The van der Waals surface area contributed by atoms with Crippen molar-refractivity contribution in [2.45, 2.75) is 44.7 Å². The molecule has 14 nitrogen and oxygen atoms in total. The van der Waals surface area contributed by atoms with E-state index in [2.05, 4.69) is 11.4 Å². The maximum Gasteiger partial charge on any atom is 0.415 e. The predicted molar refractivity (Wildman–Crippen MR) is 182 cm³/mol. The van der Waals surface area contributed by atoms with Crippen LogP contribution < -0.4 is 5.32 Å². The first kappa shape index (κ1) is 39.6. The van der Waals surface area contributed by atoms with E-state index in [0.29, 0.717) is 6.42 Å². The minimum absolute atomic E-state index is 0.0736. The maximum absolute atomic E-state index is 14.3. The van der Waals surface area contributed by atoms with Crippen LogP contribution >= 0.6 is 0 Å². The number of methoxy groups -OCH3 is 3. The minimum atomic E-state index is -1.50.